The van der Waals surface area contributed by atoms with Crippen LogP contribution in [0.1, 0.15) is 20.3 Å². The third-order valence-corrected chi connectivity index (χ3v) is 2.60. The first-order valence-corrected chi connectivity index (χ1v) is 5.67. The average molecular weight is 237 g/mol. The van der Waals surface area contributed by atoms with Crippen LogP contribution in [0.4, 0.5) is 0 Å². The minimum atomic E-state index is 0.120. The van der Waals surface area contributed by atoms with E-state index in [0.717, 1.165) is 17.3 Å². The third kappa shape index (κ3) is 2.25. The fraction of sp³-hybridized carbons (Fsp3) is 0.333. The Balaban J connectivity index is 2.50. The molecule has 0 aliphatic heterocycles. The minimum absolute atomic E-state index is 0.120. The van der Waals surface area contributed by atoms with Crippen LogP contribution in [0.2, 0.25) is 5.28 Å². The number of aromatic nitrogens is 2. The molecule has 0 N–H and O–H groups in total. The molecule has 0 saturated heterocycles. The van der Waals surface area contributed by atoms with Crippen LogP contribution >= 0.6 is 11.6 Å². The zero-order valence-electron chi connectivity index (χ0n) is 9.27. The van der Waals surface area contributed by atoms with Crippen LogP contribution in [0.3, 0.4) is 0 Å². The highest BCUT2D eigenvalue weighted by molar-refractivity contribution is 6.28. The van der Waals surface area contributed by atoms with Crippen LogP contribution in [0.15, 0.2) is 24.3 Å². The first-order valence-electron chi connectivity index (χ1n) is 5.29. The molecular weight excluding hydrogens is 224 g/mol. The average Bonchev–Trinajstić information content (AvgIpc) is 2.28. The Morgan fingerprint density at radius 2 is 2.06 bits per heavy atom. The largest absolute Gasteiger partial charge is 0.474 e. The molecular formula is C12H13ClN2O. The van der Waals surface area contributed by atoms with Crippen molar-refractivity contribution < 1.29 is 4.74 Å². The summed E-state index contributed by atoms with van der Waals surface area (Å²) in [6.07, 6.45) is 1.05. The second kappa shape index (κ2) is 4.66. The number of para-hydroxylation sites is 1. The van der Waals surface area contributed by atoms with Crippen molar-refractivity contribution >= 4 is 22.5 Å². The summed E-state index contributed by atoms with van der Waals surface area (Å²) in [5.41, 5.74) is 0.806. The number of hydrogen-bond donors (Lipinski definition) is 0. The number of fused-ring (bicyclic) bond motifs is 1. The Bertz CT molecular complexity index is 501. The lowest BCUT2D eigenvalue weighted by Crippen LogP contribution is -2.11. The summed E-state index contributed by atoms with van der Waals surface area (Å²) in [7, 11) is 0. The van der Waals surface area contributed by atoms with Crippen molar-refractivity contribution in [2.45, 2.75) is 26.4 Å². The van der Waals surface area contributed by atoms with E-state index in [1.165, 1.54) is 0 Å². The summed E-state index contributed by atoms with van der Waals surface area (Å²) in [5, 5.41) is 1.12. The maximum atomic E-state index is 5.85. The van der Waals surface area contributed by atoms with Gasteiger partial charge in [-0.25, -0.2) is 4.98 Å². The second-order valence-electron chi connectivity index (χ2n) is 3.65. The van der Waals surface area contributed by atoms with Gasteiger partial charge >= 0.3 is 0 Å². The lowest BCUT2D eigenvalue weighted by molar-refractivity contribution is 0.211. The number of nitrogens with zero attached hydrogens (tertiary/aromatic N) is 2. The standard InChI is InChI=1S/C12H13ClN2O/c1-3-8(2)16-11-9-6-4-5-7-10(9)14-12(13)15-11/h4-8H,3H2,1-2H3. The Labute approximate surface area is 99.4 Å². The Morgan fingerprint density at radius 1 is 1.31 bits per heavy atom. The van der Waals surface area contributed by atoms with Gasteiger partial charge in [0.25, 0.3) is 0 Å². The molecule has 0 fully saturated rings. The summed E-state index contributed by atoms with van der Waals surface area (Å²) in [4.78, 5) is 8.27. The van der Waals surface area contributed by atoms with Gasteiger partial charge in [-0.2, -0.15) is 4.98 Å². The molecule has 0 amide bonds. The van der Waals surface area contributed by atoms with Gasteiger partial charge in [-0.3, -0.25) is 0 Å². The molecule has 0 aliphatic carbocycles. The fourth-order valence-corrected chi connectivity index (χ4v) is 1.55. The van der Waals surface area contributed by atoms with E-state index in [1.807, 2.05) is 31.2 Å². The summed E-state index contributed by atoms with van der Waals surface area (Å²) in [5.74, 6) is 0.560. The van der Waals surface area contributed by atoms with E-state index in [-0.39, 0.29) is 11.4 Å². The summed E-state index contributed by atoms with van der Waals surface area (Å²) >= 11 is 5.85. The summed E-state index contributed by atoms with van der Waals surface area (Å²) in [6.45, 7) is 4.07. The van der Waals surface area contributed by atoms with Crippen molar-refractivity contribution in [2.75, 3.05) is 0 Å². The molecule has 4 heteroatoms. The molecule has 1 heterocycles. The molecule has 3 nitrogen and oxygen atoms in total. The quantitative estimate of drug-likeness (QED) is 0.766. The minimum Gasteiger partial charge on any atom is -0.474 e. The van der Waals surface area contributed by atoms with Crippen LogP contribution in [0, 0.1) is 0 Å². The number of benzene rings is 1. The molecule has 2 rings (SSSR count). The van der Waals surface area contributed by atoms with Crippen molar-refractivity contribution in [1.29, 1.82) is 0 Å². The van der Waals surface area contributed by atoms with E-state index >= 15 is 0 Å². The lowest BCUT2D eigenvalue weighted by Gasteiger charge is -2.13. The van der Waals surface area contributed by atoms with Gasteiger partial charge < -0.3 is 4.74 Å². The molecule has 0 radical (unpaired) electrons. The van der Waals surface area contributed by atoms with E-state index in [2.05, 4.69) is 16.9 Å². The van der Waals surface area contributed by atoms with E-state index in [1.54, 1.807) is 0 Å². The SMILES string of the molecule is CCC(C)Oc1nc(Cl)nc2ccccc12. The van der Waals surface area contributed by atoms with Gasteiger partial charge in [-0.1, -0.05) is 19.1 Å². The van der Waals surface area contributed by atoms with Gasteiger partial charge in [-0.15, -0.1) is 0 Å². The number of rotatable bonds is 3. The maximum Gasteiger partial charge on any atom is 0.226 e. The topological polar surface area (TPSA) is 35.0 Å². The van der Waals surface area contributed by atoms with Gasteiger partial charge in [0.2, 0.25) is 11.2 Å². The van der Waals surface area contributed by atoms with E-state index in [9.17, 15) is 0 Å². The predicted octanol–water partition coefficient (Wildman–Crippen LogP) is 3.46. The monoisotopic (exact) mass is 236 g/mol. The number of hydrogen-bond acceptors (Lipinski definition) is 3. The van der Waals surface area contributed by atoms with Gasteiger partial charge in [-0.05, 0) is 37.1 Å². The normalized spacial score (nSPS) is 12.7. The van der Waals surface area contributed by atoms with Crippen molar-refractivity contribution in [3.8, 4) is 5.88 Å². The Morgan fingerprint density at radius 3 is 2.81 bits per heavy atom. The number of halogens is 1. The Kier molecular flexibility index (Phi) is 3.25. The smallest absolute Gasteiger partial charge is 0.226 e. The first-order chi connectivity index (χ1) is 7.70. The second-order valence-corrected chi connectivity index (χ2v) is 3.99. The maximum absolute atomic E-state index is 5.85. The summed E-state index contributed by atoms with van der Waals surface area (Å²) < 4.78 is 5.72. The molecule has 2 aromatic rings. The highest BCUT2D eigenvalue weighted by Crippen LogP contribution is 2.24. The lowest BCUT2D eigenvalue weighted by atomic mass is 10.2. The molecule has 0 aliphatic rings. The molecule has 0 saturated carbocycles. The molecule has 0 spiro atoms. The van der Waals surface area contributed by atoms with Crippen molar-refractivity contribution in [1.82, 2.24) is 9.97 Å². The molecule has 1 aromatic heterocycles. The summed E-state index contributed by atoms with van der Waals surface area (Å²) in [6, 6.07) is 7.68. The Hall–Kier alpha value is -1.35. The van der Waals surface area contributed by atoms with E-state index in [0.29, 0.717) is 5.88 Å². The molecule has 16 heavy (non-hydrogen) atoms. The van der Waals surface area contributed by atoms with Crippen molar-refractivity contribution in [2.24, 2.45) is 0 Å². The zero-order chi connectivity index (χ0) is 11.5. The van der Waals surface area contributed by atoms with Crippen LogP contribution in [-0.2, 0) is 0 Å². The van der Waals surface area contributed by atoms with Crippen molar-refractivity contribution in [3.05, 3.63) is 29.5 Å². The van der Waals surface area contributed by atoms with E-state index in [4.69, 9.17) is 16.3 Å². The zero-order valence-corrected chi connectivity index (χ0v) is 10.0. The highest BCUT2D eigenvalue weighted by atomic mass is 35.5. The van der Waals surface area contributed by atoms with Gasteiger partial charge in [0.1, 0.15) is 0 Å². The van der Waals surface area contributed by atoms with Crippen LogP contribution < -0.4 is 4.74 Å². The van der Waals surface area contributed by atoms with Gasteiger partial charge in [0.15, 0.2) is 0 Å². The van der Waals surface area contributed by atoms with E-state index < -0.39 is 0 Å². The van der Waals surface area contributed by atoms with Gasteiger partial charge in [0.05, 0.1) is 17.0 Å². The predicted molar refractivity (Wildman–Crippen MR) is 64.9 cm³/mol. The third-order valence-electron chi connectivity index (χ3n) is 2.43. The van der Waals surface area contributed by atoms with Gasteiger partial charge in [0, 0.05) is 0 Å². The molecule has 1 aromatic carbocycles. The molecule has 84 valence electrons. The fourth-order valence-electron chi connectivity index (χ4n) is 1.38. The molecule has 1 atom stereocenters. The van der Waals surface area contributed by atoms with Crippen LogP contribution in [-0.4, -0.2) is 16.1 Å². The van der Waals surface area contributed by atoms with Crippen molar-refractivity contribution in [3.63, 3.8) is 0 Å². The molecule has 1 unspecified atom stereocenters. The van der Waals surface area contributed by atoms with Crippen LogP contribution in [0.5, 0.6) is 5.88 Å². The molecule has 0 bridgehead atoms. The first kappa shape index (κ1) is 11.1. The number of ether oxygens (including phenoxy) is 1. The van der Waals surface area contributed by atoms with Crippen LogP contribution in [0.25, 0.3) is 10.9 Å². The highest BCUT2D eigenvalue weighted by Gasteiger charge is 2.09.